The van der Waals surface area contributed by atoms with E-state index in [4.69, 9.17) is 4.74 Å². The van der Waals surface area contributed by atoms with Gasteiger partial charge in [-0.2, -0.15) is 4.31 Å². The van der Waals surface area contributed by atoms with Crippen molar-refractivity contribution in [2.45, 2.75) is 4.90 Å². The van der Waals surface area contributed by atoms with E-state index in [1.807, 2.05) is 4.90 Å². The molecule has 1 amide bonds. The van der Waals surface area contributed by atoms with Gasteiger partial charge in [0, 0.05) is 31.9 Å². The molecule has 0 unspecified atom stereocenters. The van der Waals surface area contributed by atoms with Crippen molar-refractivity contribution in [2.24, 2.45) is 0 Å². The number of hydrogen-bond acceptors (Lipinski definition) is 5. The fraction of sp³-hybridized carbons (Fsp3) is 0.316. The third kappa shape index (κ3) is 4.86. The molecule has 0 aliphatic carbocycles. The standard InChI is InChI=1S/C19H22FN3O4S/c1-27-17-7-5-16(6-8-17)21-19(24)14-22-9-11-23(12-10-22)28(25,26)18-4-2-3-15(20)13-18/h2-8,13H,9-12,14H2,1H3,(H,21,24). The Morgan fingerprint density at radius 1 is 1.11 bits per heavy atom. The number of piperazine rings is 1. The average Bonchev–Trinajstić information content (AvgIpc) is 2.69. The zero-order chi connectivity index (χ0) is 20.1. The molecule has 0 spiro atoms. The Labute approximate surface area is 163 Å². The lowest BCUT2D eigenvalue weighted by atomic mass is 10.3. The SMILES string of the molecule is COc1ccc(NC(=O)CN2CCN(S(=O)(=O)c3cccc(F)c3)CC2)cc1. The zero-order valence-electron chi connectivity index (χ0n) is 15.5. The van der Waals surface area contributed by atoms with Crippen molar-refractivity contribution in [1.82, 2.24) is 9.21 Å². The molecule has 0 aromatic heterocycles. The molecule has 28 heavy (non-hydrogen) atoms. The van der Waals surface area contributed by atoms with Crippen LogP contribution in [0.1, 0.15) is 0 Å². The van der Waals surface area contributed by atoms with Crippen molar-refractivity contribution in [2.75, 3.05) is 45.2 Å². The molecular weight excluding hydrogens is 385 g/mol. The van der Waals surface area contributed by atoms with E-state index < -0.39 is 15.8 Å². The van der Waals surface area contributed by atoms with Crippen LogP contribution in [0.5, 0.6) is 5.75 Å². The molecule has 1 saturated heterocycles. The molecular formula is C19H22FN3O4S. The summed E-state index contributed by atoms with van der Waals surface area (Å²) in [7, 11) is -2.17. The molecule has 1 aliphatic heterocycles. The maximum Gasteiger partial charge on any atom is 0.243 e. The Kier molecular flexibility index (Phi) is 6.28. The van der Waals surface area contributed by atoms with Crippen LogP contribution in [-0.4, -0.2) is 63.4 Å². The van der Waals surface area contributed by atoms with Gasteiger partial charge in [0.15, 0.2) is 0 Å². The first-order valence-corrected chi connectivity index (χ1v) is 10.2. The molecule has 1 N–H and O–H groups in total. The number of anilines is 1. The Balaban J connectivity index is 1.52. The summed E-state index contributed by atoms with van der Waals surface area (Å²) in [6, 6.07) is 12.0. The fourth-order valence-corrected chi connectivity index (χ4v) is 4.44. The Morgan fingerprint density at radius 2 is 1.79 bits per heavy atom. The van der Waals surface area contributed by atoms with Gasteiger partial charge < -0.3 is 10.1 Å². The molecule has 1 fully saturated rings. The number of hydrogen-bond donors (Lipinski definition) is 1. The van der Waals surface area contributed by atoms with Crippen molar-refractivity contribution < 1.29 is 22.3 Å². The number of halogens is 1. The highest BCUT2D eigenvalue weighted by Crippen LogP contribution is 2.19. The van der Waals surface area contributed by atoms with E-state index in [0.29, 0.717) is 24.5 Å². The summed E-state index contributed by atoms with van der Waals surface area (Å²) in [6.07, 6.45) is 0. The van der Waals surface area contributed by atoms with Gasteiger partial charge in [-0.05, 0) is 42.5 Å². The lowest BCUT2D eigenvalue weighted by Gasteiger charge is -2.33. The average molecular weight is 407 g/mol. The van der Waals surface area contributed by atoms with Crippen molar-refractivity contribution in [3.05, 3.63) is 54.3 Å². The van der Waals surface area contributed by atoms with Gasteiger partial charge in [-0.15, -0.1) is 0 Å². The molecule has 0 radical (unpaired) electrons. The van der Waals surface area contributed by atoms with Crippen molar-refractivity contribution in [1.29, 1.82) is 0 Å². The number of methoxy groups -OCH3 is 1. The molecule has 0 saturated carbocycles. The Bertz CT molecular complexity index is 926. The highest BCUT2D eigenvalue weighted by Gasteiger charge is 2.29. The van der Waals surface area contributed by atoms with Crippen molar-refractivity contribution in [3.8, 4) is 5.75 Å². The summed E-state index contributed by atoms with van der Waals surface area (Å²) in [5.41, 5.74) is 0.665. The first kappa shape index (κ1) is 20.2. The van der Waals surface area contributed by atoms with Gasteiger partial charge in [-0.1, -0.05) is 6.07 Å². The number of carbonyl (C=O) groups excluding carboxylic acids is 1. The van der Waals surface area contributed by atoms with Crippen LogP contribution in [-0.2, 0) is 14.8 Å². The predicted octanol–water partition coefficient (Wildman–Crippen LogP) is 1.78. The van der Waals surface area contributed by atoms with E-state index in [1.165, 1.54) is 22.5 Å². The second-order valence-corrected chi connectivity index (χ2v) is 8.35. The van der Waals surface area contributed by atoms with Crippen LogP contribution in [0, 0.1) is 5.82 Å². The summed E-state index contributed by atoms with van der Waals surface area (Å²) < 4.78 is 45.0. The largest absolute Gasteiger partial charge is 0.497 e. The maximum atomic E-state index is 13.3. The van der Waals surface area contributed by atoms with E-state index >= 15 is 0 Å². The van der Waals surface area contributed by atoms with Gasteiger partial charge >= 0.3 is 0 Å². The summed E-state index contributed by atoms with van der Waals surface area (Å²) >= 11 is 0. The van der Waals surface area contributed by atoms with Gasteiger partial charge in [0.25, 0.3) is 0 Å². The number of nitrogens with zero attached hydrogens (tertiary/aromatic N) is 2. The minimum atomic E-state index is -3.74. The molecule has 3 rings (SSSR count). The summed E-state index contributed by atoms with van der Waals surface area (Å²) in [4.78, 5) is 14.0. The van der Waals surface area contributed by atoms with Gasteiger partial charge in [0.2, 0.25) is 15.9 Å². The minimum absolute atomic E-state index is 0.0572. The topological polar surface area (TPSA) is 79.0 Å². The second-order valence-electron chi connectivity index (χ2n) is 6.41. The monoisotopic (exact) mass is 407 g/mol. The highest BCUT2D eigenvalue weighted by molar-refractivity contribution is 7.89. The van der Waals surface area contributed by atoms with Crippen LogP contribution >= 0.6 is 0 Å². The predicted molar refractivity (Wildman–Crippen MR) is 103 cm³/mol. The number of rotatable bonds is 6. The van der Waals surface area contributed by atoms with E-state index in [1.54, 1.807) is 31.4 Å². The van der Waals surface area contributed by atoms with Crippen molar-refractivity contribution >= 4 is 21.6 Å². The smallest absolute Gasteiger partial charge is 0.243 e. The maximum absolute atomic E-state index is 13.3. The number of carbonyl (C=O) groups is 1. The van der Waals surface area contributed by atoms with Crippen LogP contribution in [0.15, 0.2) is 53.4 Å². The molecule has 9 heteroatoms. The molecule has 1 heterocycles. The number of nitrogens with one attached hydrogen (secondary N) is 1. The Hall–Kier alpha value is -2.49. The number of sulfonamides is 1. The van der Waals surface area contributed by atoms with Gasteiger partial charge in [0.1, 0.15) is 11.6 Å². The molecule has 2 aromatic carbocycles. The molecule has 1 aliphatic rings. The van der Waals surface area contributed by atoms with Crippen LogP contribution in [0.25, 0.3) is 0 Å². The second kappa shape index (κ2) is 8.68. The van der Waals surface area contributed by atoms with E-state index in [-0.39, 0.29) is 30.4 Å². The summed E-state index contributed by atoms with van der Waals surface area (Å²) in [5.74, 6) is -0.0601. The lowest BCUT2D eigenvalue weighted by Crippen LogP contribution is -2.50. The van der Waals surface area contributed by atoms with Crippen LogP contribution in [0.3, 0.4) is 0 Å². The van der Waals surface area contributed by atoms with Crippen molar-refractivity contribution in [3.63, 3.8) is 0 Å². The molecule has 0 bridgehead atoms. The van der Waals surface area contributed by atoms with E-state index in [9.17, 15) is 17.6 Å². The number of ether oxygens (including phenoxy) is 1. The van der Waals surface area contributed by atoms with Gasteiger partial charge in [-0.25, -0.2) is 12.8 Å². The first-order valence-electron chi connectivity index (χ1n) is 8.80. The van der Waals surface area contributed by atoms with E-state index in [0.717, 1.165) is 6.07 Å². The Morgan fingerprint density at radius 3 is 2.39 bits per heavy atom. The molecule has 2 aromatic rings. The van der Waals surface area contributed by atoms with Gasteiger partial charge in [0.05, 0.1) is 18.6 Å². The van der Waals surface area contributed by atoms with Crippen LogP contribution in [0.2, 0.25) is 0 Å². The van der Waals surface area contributed by atoms with Crippen LogP contribution < -0.4 is 10.1 Å². The van der Waals surface area contributed by atoms with E-state index in [2.05, 4.69) is 5.32 Å². The molecule has 7 nitrogen and oxygen atoms in total. The summed E-state index contributed by atoms with van der Waals surface area (Å²) in [6.45, 7) is 1.50. The minimum Gasteiger partial charge on any atom is -0.497 e. The number of amides is 1. The molecule has 0 atom stereocenters. The first-order chi connectivity index (χ1) is 13.4. The molecule has 150 valence electrons. The third-order valence-electron chi connectivity index (χ3n) is 4.51. The lowest BCUT2D eigenvalue weighted by molar-refractivity contribution is -0.117. The third-order valence-corrected chi connectivity index (χ3v) is 6.40. The van der Waals surface area contributed by atoms with Gasteiger partial charge in [-0.3, -0.25) is 9.69 Å². The highest BCUT2D eigenvalue weighted by atomic mass is 32.2. The quantitative estimate of drug-likeness (QED) is 0.790. The normalized spacial score (nSPS) is 15.9. The zero-order valence-corrected chi connectivity index (χ0v) is 16.3. The van der Waals surface area contributed by atoms with Crippen LogP contribution in [0.4, 0.5) is 10.1 Å². The fourth-order valence-electron chi connectivity index (χ4n) is 2.98. The summed E-state index contributed by atoms with van der Waals surface area (Å²) in [5, 5.41) is 2.80. The number of benzene rings is 2.